The summed E-state index contributed by atoms with van der Waals surface area (Å²) in [7, 11) is 0. The van der Waals surface area contributed by atoms with Crippen molar-refractivity contribution in [1.82, 2.24) is 0 Å². The number of carbonyl (C=O) groups is 3. The smallest absolute Gasteiger partial charge is 0.306 e. The van der Waals surface area contributed by atoms with Crippen LogP contribution in [0.15, 0.2) is 85.1 Å². The summed E-state index contributed by atoms with van der Waals surface area (Å²) >= 11 is 0. The van der Waals surface area contributed by atoms with Gasteiger partial charge in [-0.05, 0) is 116 Å². The van der Waals surface area contributed by atoms with Gasteiger partial charge in [-0.25, -0.2) is 0 Å². The molecule has 0 saturated heterocycles. The molecule has 0 saturated carbocycles. The fraction of sp³-hybridized carbons (Fsp3) is 0.773. The summed E-state index contributed by atoms with van der Waals surface area (Å²) in [5.41, 5.74) is 0. The summed E-state index contributed by atoms with van der Waals surface area (Å²) in [4.78, 5) is 38.5. The minimum absolute atomic E-state index is 0.0771. The number of hydrogen-bond acceptors (Lipinski definition) is 6. The topological polar surface area (TPSA) is 78.9 Å². The molecule has 6 nitrogen and oxygen atoms in total. The van der Waals surface area contributed by atoms with Crippen molar-refractivity contribution >= 4 is 17.9 Å². The molecule has 0 aromatic carbocycles. The monoisotopic (exact) mass is 1130 g/mol. The SMILES string of the molecule is CC/C=C\C/C=C\C/C=C\C/C=C\CCCCCCCCCCCCCCCCC(=O)OCC(COC(=O)CCCCCCCCC/C=C\CCCCCCCC)OC(=O)CCCCCCCCCCC/C=C\C/C=C\CCCCC. The Bertz CT molecular complexity index is 1530. The standard InChI is InChI=1S/C75H132O6/c1-4-7-10-13-16-19-22-25-28-31-33-34-35-36-37-38-39-40-42-44-47-50-53-56-59-62-65-68-74(77)80-71-72(70-79-73(76)67-64-61-58-55-52-49-46-43-30-27-24-21-18-15-12-9-6-3)81-75(78)69-66-63-60-57-54-51-48-45-41-32-29-26-23-20-17-14-11-8-5-2/h7,10,16-17,19-20,25-30,33-34,72H,4-6,8-9,11-15,18,21-24,31-32,35-71H2,1-3H3/b10-7-,19-16-,20-17-,28-25-,29-26-,30-27-,34-33-. The number of hydrogen-bond donors (Lipinski definition) is 0. The first kappa shape index (κ1) is 77.6. The van der Waals surface area contributed by atoms with Gasteiger partial charge in [-0.2, -0.15) is 0 Å². The molecule has 6 heteroatoms. The van der Waals surface area contributed by atoms with Crippen LogP contribution in [0.3, 0.4) is 0 Å². The van der Waals surface area contributed by atoms with Crippen molar-refractivity contribution in [2.75, 3.05) is 13.2 Å². The summed E-state index contributed by atoms with van der Waals surface area (Å²) in [6.07, 6.45) is 91.7. The average molecular weight is 1130 g/mol. The molecular formula is C75H132O6. The zero-order valence-corrected chi connectivity index (χ0v) is 53.8. The summed E-state index contributed by atoms with van der Waals surface area (Å²) in [6.45, 7) is 6.54. The average Bonchev–Trinajstić information content (AvgIpc) is 3.47. The van der Waals surface area contributed by atoms with Gasteiger partial charge in [-0.3, -0.25) is 14.4 Å². The molecule has 0 spiro atoms. The third-order valence-corrected chi connectivity index (χ3v) is 15.4. The van der Waals surface area contributed by atoms with Crippen molar-refractivity contribution in [3.8, 4) is 0 Å². The van der Waals surface area contributed by atoms with Crippen molar-refractivity contribution in [2.45, 2.75) is 361 Å². The van der Waals surface area contributed by atoms with Crippen molar-refractivity contribution in [3.05, 3.63) is 85.1 Å². The molecule has 0 radical (unpaired) electrons. The first-order valence-electron chi connectivity index (χ1n) is 35.1. The van der Waals surface area contributed by atoms with E-state index in [0.717, 1.165) is 89.9 Å². The highest BCUT2D eigenvalue weighted by molar-refractivity contribution is 5.71. The van der Waals surface area contributed by atoms with Crippen molar-refractivity contribution in [1.29, 1.82) is 0 Å². The molecule has 0 fully saturated rings. The van der Waals surface area contributed by atoms with Gasteiger partial charge in [-0.15, -0.1) is 0 Å². The van der Waals surface area contributed by atoms with Crippen LogP contribution in [0.25, 0.3) is 0 Å². The van der Waals surface area contributed by atoms with E-state index in [1.807, 2.05) is 0 Å². The first-order chi connectivity index (χ1) is 40.0. The maximum absolute atomic E-state index is 13.0. The number of ether oxygens (including phenoxy) is 3. The Hall–Kier alpha value is -3.41. The van der Waals surface area contributed by atoms with E-state index in [4.69, 9.17) is 14.2 Å². The first-order valence-corrected chi connectivity index (χ1v) is 35.1. The molecule has 0 aromatic rings. The molecule has 0 aliphatic carbocycles. The molecule has 0 aromatic heterocycles. The normalized spacial score (nSPS) is 12.6. The molecule has 0 bridgehead atoms. The van der Waals surface area contributed by atoms with Gasteiger partial charge in [0.1, 0.15) is 13.2 Å². The molecule has 0 heterocycles. The molecule has 0 aliphatic rings. The Morgan fingerprint density at radius 1 is 0.259 bits per heavy atom. The number of carbonyl (C=O) groups excluding carboxylic acids is 3. The maximum atomic E-state index is 13.0. The second kappa shape index (κ2) is 69.1. The molecule has 0 rings (SSSR count). The van der Waals surface area contributed by atoms with Crippen molar-refractivity contribution < 1.29 is 28.6 Å². The van der Waals surface area contributed by atoms with Crippen LogP contribution in [-0.4, -0.2) is 37.2 Å². The highest BCUT2D eigenvalue weighted by atomic mass is 16.6. The van der Waals surface area contributed by atoms with Gasteiger partial charge < -0.3 is 14.2 Å². The Morgan fingerprint density at radius 2 is 0.481 bits per heavy atom. The number of rotatable bonds is 64. The Kier molecular flexibility index (Phi) is 66.2. The van der Waals surface area contributed by atoms with Crippen LogP contribution in [0.1, 0.15) is 355 Å². The minimum Gasteiger partial charge on any atom is -0.462 e. The minimum atomic E-state index is -0.782. The van der Waals surface area contributed by atoms with Gasteiger partial charge in [0.2, 0.25) is 0 Å². The molecule has 0 amide bonds. The van der Waals surface area contributed by atoms with Gasteiger partial charge in [0.05, 0.1) is 0 Å². The highest BCUT2D eigenvalue weighted by Gasteiger charge is 2.19. The largest absolute Gasteiger partial charge is 0.462 e. The molecule has 81 heavy (non-hydrogen) atoms. The molecule has 1 atom stereocenters. The van der Waals surface area contributed by atoms with Gasteiger partial charge in [0.15, 0.2) is 6.10 Å². The van der Waals surface area contributed by atoms with Crippen molar-refractivity contribution in [3.63, 3.8) is 0 Å². The summed E-state index contributed by atoms with van der Waals surface area (Å²) in [6, 6.07) is 0. The second-order valence-electron chi connectivity index (χ2n) is 23.4. The lowest BCUT2D eigenvalue weighted by molar-refractivity contribution is -0.167. The van der Waals surface area contributed by atoms with E-state index in [-0.39, 0.29) is 31.1 Å². The lowest BCUT2D eigenvalue weighted by atomic mass is 10.0. The molecule has 0 N–H and O–H groups in total. The maximum Gasteiger partial charge on any atom is 0.306 e. The van der Waals surface area contributed by atoms with E-state index in [9.17, 15) is 14.4 Å². The number of unbranched alkanes of at least 4 members (excludes halogenated alkanes) is 39. The Morgan fingerprint density at radius 3 is 0.790 bits per heavy atom. The zero-order valence-electron chi connectivity index (χ0n) is 53.8. The third-order valence-electron chi connectivity index (χ3n) is 15.4. The fourth-order valence-electron chi connectivity index (χ4n) is 10.1. The van der Waals surface area contributed by atoms with Crippen LogP contribution >= 0.6 is 0 Å². The quantitative estimate of drug-likeness (QED) is 0.0261. The summed E-state index contributed by atoms with van der Waals surface area (Å²) in [5, 5.41) is 0. The molecule has 468 valence electrons. The van der Waals surface area contributed by atoms with Crippen LogP contribution < -0.4 is 0 Å². The predicted octanol–water partition coefficient (Wildman–Crippen LogP) is 24.2. The van der Waals surface area contributed by atoms with Crippen LogP contribution in [0, 0.1) is 0 Å². The van der Waals surface area contributed by atoms with Gasteiger partial charge in [-0.1, -0.05) is 305 Å². The number of allylic oxidation sites excluding steroid dienone is 14. The molecular weight excluding hydrogens is 997 g/mol. The van der Waals surface area contributed by atoms with E-state index in [1.165, 1.54) is 225 Å². The van der Waals surface area contributed by atoms with Crippen LogP contribution in [-0.2, 0) is 28.6 Å². The van der Waals surface area contributed by atoms with E-state index >= 15 is 0 Å². The van der Waals surface area contributed by atoms with Crippen LogP contribution in [0.4, 0.5) is 0 Å². The Balaban J connectivity index is 4.31. The lowest BCUT2D eigenvalue weighted by Gasteiger charge is -2.18. The van der Waals surface area contributed by atoms with E-state index < -0.39 is 6.10 Å². The number of esters is 3. The van der Waals surface area contributed by atoms with E-state index in [0.29, 0.717) is 19.3 Å². The summed E-state index contributed by atoms with van der Waals surface area (Å²) in [5.74, 6) is -0.867. The summed E-state index contributed by atoms with van der Waals surface area (Å²) < 4.78 is 17.0. The third kappa shape index (κ3) is 67.3. The van der Waals surface area contributed by atoms with Gasteiger partial charge in [0, 0.05) is 19.3 Å². The zero-order chi connectivity index (χ0) is 58.5. The van der Waals surface area contributed by atoms with Gasteiger partial charge >= 0.3 is 17.9 Å². The van der Waals surface area contributed by atoms with Crippen LogP contribution in [0.5, 0.6) is 0 Å². The second-order valence-corrected chi connectivity index (χ2v) is 23.4. The lowest BCUT2D eigenvalue weighted by Crippen LogP contribution is -2.30. The van der Waals surface area contributed by atoms with Crippen LogP contribution in [0.2, 0.25) is 0 Å². The molecule has 0 aliphatic heterocycles. The predicted molar refractivity (Wildman–Crippen MR) is 353 cm³/mol. The van der Waals surface area contributed by atoms with E-state index in [2.05, 4.69) is 106 Å². The van der Waals surface area contributed by atoms with E-state index in [1.54, 1.807) is 0 Å². The van der Waals surface area contributed by atoms with Crippen molar-refractivity contribution in [2.24, 2.45) is 0 Å². The molecule has 1 unspecified atom stereocenters. The highest BCUT2D eigenvalue weighted by Crippen LogP contribution is 2.17. The Labute approximate surface area is 503 Å². The van der Waals surface area contributed by atoms with Gasteiger partial charge in [0.25, 0.3) is 0 Å². The fourth-order valence-corrected chi connectivity index (χ4v) is 10.1.